The van der Waals surface area contributed by atoms with Gasteiger partial charge in [-0.05, 0) is 42.5 Å². The standard InChI is InChI=1S/C20H24N2O4S/c1-4-12-26-18-10-8-16(9-11-18)14-22(2)15-20(23)21-17-6-5-7-19(13-17)27(3,24)25/h4-11,13H,1,12,14-15H2,2-3H3,(H,21,23)/p+1. The Morgan fingerprint density at radius 3 is 2.56 bits per heavy atom. The zero-order valence-corrected chi connectivity index (χ0v) is 16.4. The van der Waals surface area contributed by atoms with E-state index in [-0.39, 0.29) is 17.3 Å². The molecule has 2 rings (SSSR count). The molecule has 0 aliphatic rings. The molecule has 1 amide bonds. The Hall–Kier alpha value is -2.64. The van der Waals surface area contributed by atoms with Crippen LogP contribution in [0, 0.1) is 0 Å². The molecule has 1 unspecified atom stereocenters. The number of hydrogen-bond donors (Lipinski definition) is 2. The van der Waals surface area contributed by atoms with Gasteiger partial charge in [-0.2, -0.15) is 0 Å². The molecule has 27 heavy (non-hydrogen) atoms. The van der Waals surface area contributed by atoms with Crippen molar-refractivity contribution in [3.63, 3.8) is 0 Å². The van der Waals surface area contributed by atoms with Gasteiger partial charge in [0.25, 0.3) is 5.91 Å². The van der Waals surface area contributed by atoms with Crippen LogP contribution in [0.3, 0.4) is 0 Å². The maximum atomic E-state index is 12.2. The normalized spacial score (nSPS) is 12.2. The molecule has 0 fully saturated rings. The Morgan fingerprint density at radius 2 is 1.93 bits per heavy atom. The van der Waals surface area contributed by atoms with Crippen LogP contribution in [-0.4, -0.2) is 40.8 Å². The van der Waals surface area contributed by atoms with Crippen LogP contribution in [0.5, 0.6) is 5.75 Å². The van der Waals surface area contributed by atoms with Gasteiger partial charge in [0.05, 0.1) is 11.9 Å². The van der Waals surface area contributed by atoms with Crippen LogP contribution < -0.4 is 15.0 Å². The Balaban J connectivity index is 1.89. The van der Waals surface area contributed by atoms with E-state index in [4.69, 9.17) is 4.74 Å². The van der Waals surface area contributed by atoms with Gasteiger partial charge in [-0.3, -0.25) is 4.79 Å². The Labute approximate surface area is 160 Å². The summed E-state index contributed by atoms with van der Waals surface area (Å²) in [5.41, 5.74) is 1.56. The molecule has 2 aromatic carbocycles. The number of carbonyl (C=O) groups excluding carboxylic acids is 1. The van der Waals surface area contributed by atoms with E-state index in [0.29, 0.717) is 18.8 Å². The van der Waals surface area contributed by atoms with Gasteiger partial charge in [-0.15, -0.1) is 0 Å². The summed E-state index contributed by atoms with van der Waals surface area (Å²) in [4.78, 5) is 13.4. The van der Waals surface area contributed by atoms with Crippen molar-refractivity contribution in [2.45, 2.75) is 11.4 Å². The third-order valence-electron chi connectivity index (χ3n) is 3.81. The van der Waals surface area contributed by atoms with Crippen molar-refractivity contribution < 1.29 is 22.8 Å². The monoisotopic (exact) mass is 389 g/mol. The van der Waals surface area contributed by atoms with E-state index < -0.39 is 9.84 Å². The van der Waals surface area contributed by atoms with Crippen molar-refractivity contribution in [1.82, 2.24) is 0 Å². The van der Waals surface area contributed by atoms with Crippen LogP contribution in [0.4, 0.5) is 5.69 Å². The first-order valence-electron chi connectivity index (χ1n) is 8.52. The molecule has 0 aliphatic carbocycles. The minimum Gasteiger partial charge on any atom is -0.490 e. The lowest BCUT2D eigenvalue weighted by Crippen LogP contribution is -3.08. The topological polar surface area (TPSA) is 76.9 Å². The molecule has 0 heterocycles. The smallest absolute Gasteiger partial charge is 0.279 e. The number of benzene rings is 2. The first-order valence-corrected chi connectivity index (χ1v) is 10.4. The fraction of sp³-hybridized carbons (Fsp3) is 0.250. The average Bonchev–Trinajstić information content (AvgIpc) is 2.60. The van der Waals surface area contributed by atoms with Crippen LogP contribution in [0.25, 0.3) is 0 Å². The SMILES string of the molecule is C=CCOc1ccc(C[NH+](C)CC(=O)Nc2cccc(S(C)(=O)=O)c2)cc1. The van der Waals surface area contributed by atoms with Crippen molar-refractivity contribution in [2.75, 3.05) is 31.8 Å². The largest absolute Gasteiger partial charge is 0.490 e. The first kappa shape index (κ1) is 20.7. The number of sulfone groups is 1. The number of amides is 1. The summed E-state index contributed by atoms with van der Waals surface area (Å²) in [6.45, 7) is 5.02. The highest BCUT2D eigenvalue weighted by Gasteiger charge is 2.13. The molecule has 2 N–H and O–H groups in total. The van der Waals surface area contributed by atoms with Crippen LogP contribution >= 0.6 is 0 Å². The third kappa shape index (κ3) is 6.88. The number of ether oxygens (including phenoxy) is 1. The fourth-order valence-corrected chi connectivity index (χ4v) is 3.22. The molecule has 144 valence electrons. The first-order chi connectivity index (χ1) is 12.8. The molecular weight excluding hydrogens is 364 g/mol. The zero-order chi connectivity index (χ0) is 19.9. The molecule has 0 radical (unpaired) electrons. The number of hydrogen-bond acceptors (Lipinski definition) is 4. The van der Waals surface area contributed by atoms with Crippen molar-refractivity contribution in [1.29, 1.82) is 0 Å². The molecule has 0 saturated carbocycles. The molecular formula is C20H25N2O4S+. The zero-order valence-electron chi connectivity index (χ0n) is 15.6. The summed E-state index contributed by atoms with van der Waals surface area (Å²) >= 11 is 0. The molecule has 2 aromatic rings. The Morgan fingerprint density at radius 1 is 1.22 bits per heavy atom. The summed E-state index contributed by atoms with van der Waals surface area (Å²) in [6, 6.07) is 14.0. The van der Waals surface area contributed by atoms with Gasteiger partial charge in [0.2, 0.25) is 0 Å². The number of quaternary nitrogens is 1. The number of likely N-dealkylation sites (N-methyl/N-ethyl adjacent to an activating group) is 1. The summed E-state index contributed by atoms with van der Waals surface area (Å²) in [6.07, 6.45) is 2.83. The maximum Gasteiger partial charge on any atom is 0.279 e. The highest BCUT2D eigenvalue weighted by Crippen LogP contribution is 2.15. The van der Waals surface area contributed by atoms with Crippen molar-refractivity contribution in [2.24, 2.45) is 0 Å². The predicted molar refractivity (Wildman–Crippen MR) is 106 cm³/mol. The third-order valence-corrected chi connectivity index (χ3v) is 4.92. The van der Waals surface area contributed by atoms with E-state index in [1.54, 1.807) is 18.2 Å². The minimum absolute atomic E-state index is 0.177. The van der Waals surface area contributed by atoms with E-state index in [0.717, 1.165) is 22.5 Å². The molecule has 0 bridgehead atoms. The van der Waals surface area contributed by atoms with Crippen LogP contribution in [0.15, 0.2) is 66.1 Å². The molecule has 0 spiro atoms. The van der Waals surface area contributed by atoms with E-state index in [1.807, 2.05) is 31.3 Å². The van der Waals surface area contributed by atoms with Gasteiger partial charge in [0.1, 0.15) is 18.9 Å². The highest BCUT2D eigenvalue weighted by atomic mass is 32.2. The Kier molecular flexibility index (Phi) is 7.15. The Bertz CT molecular complexity index is 892. The molecule has 0 aliphatic heterocycles. The van der Waals surface area contributed by atoms with E-state index in [9.17, 15) is 13.2 Å². The van der Waals surface area contributed by atoms with Crippen LogP contribution in [0.2, 0.25) is 0 Å². The molecule has 6 nitrogen and oxygen atoms in total. The van der Waals surface area contributed by atoms with Gasteiger partial charge < -0.3 is 15.0 Å². The van der Waals surface area contributed by atoms with E-state index >= 15 is 0 Å². The van der Waals surface area contributed by atoms with Crippen molar-refractivity contribution in [3.8, 4) is 5.75 Å². The molecule has 0 saturated heterocycles. The average molecular weight is 389 g/mol. The lowest BCUT2D eigenvalue weighted by Gasteiger charge is -2.14. The van der Waals surface area contributed by atoms with E-state index in [2.05, 4.69) is 11.9 Å². The molecule has 0 aromatic heterocycles. The van der Waals surface area contributed by atoms with Gasteiger partial charge in [0.15, 0.2) is 16.4 Å². The van der Waals surface area contributed by atoms with Gasteiger partial charge in [0, 0.05) is 17.5 Å². The van der Waals surface area contributed by atoms with Crippen molar-refractivity contribution in [3.05, 3.63) is 66.7 Å². The highest BCUT2D eigenvalue weighted by molar-refractivity contribution is 7.90. The van der Waals surface area contributed by atoms with Crippen LogP contribution in [0.1, 0.15) is 5.56 Å². The number of nitrogens with one attached hydrogen (secondary N) is 2. The number of anilines is 1. The molecule has 1 atom stereocenters. The maximum absolute atomic E-state index is 12.2. The quantitative estimate of drug-likeness (QED) is 0.634. The predicted octanol–water partition coefficient (Wildman–Crippen LogP) is 1.31. The van der Waals surface area contributed by atoms with Gasteiger partial charge in [-0.25, -0.2) is 8.42 Å². The lowest BCUT2D eigenvalue weighted by molar-refractivity contribution is -0.885. The lowest BCUT2D eigenvalue weighted by atomic mass is 10.2. The van der Waals surface area contributed by atoms with Crippen LogP contribution in [-0.2, 0) is 21.2 Å². The summed E-state index contributed by atoms with van der Waals surface area (Å²) < 4.78 is 28.7. The fourth-order valence-electron chi connectivity index (χ4n) is 2.55. The van der Waals surface area contributed by atoms with E-state index in [1.165, 1.54) is 12.1 Å². The van der Waals surface area contributed by atoms with Gasteiger partial charge >= 0.3 is 0 Å². The van der Waals surface area contributed by atoms with Crippen molar-refractivity contribution >= 4 is 21.4 Å². The second-order valence-electron chi connectivity index (χ2n) is 6.40. The molecule has 7 heteroatoms. The summed E-state index contributed by atoms with van der Waals surface area (Å²) in [5.74, 6) is 0.601. The second-order valence-corrected chi connectivity index (χ2v) is 8.42. The minimum atomic E-state index is -3.31. The summed E-state index contributed by atoms with van der Waals surface area (Å²) in [7, 11) is -1.38. The number of carbonyl (C=O) groups is 1. The summed E-state index contributed by atoms with van der Waals surface area (Å²) in [5, 5.41) is 2.75. The van der Waals surface area contributed by atoms with Gasteiger partial charge in [-0.1, -0.05) is 18.7 Å². The second kappa shape index (κ2) is 9.34. The number of rotatable bonds is 9.